The van der Waals surface area contributed by atoms with E-state index >= 15 is 0 Å². The topological polar surface area (TPSA) is 68.0 Å². The summed E-state index contributed by atoms with van der Waals surface area (Å²) in [4.78, 5) is 21.5. The van der Waals surface area contributed by atoms with Gasteiger partial charge in [0.25, 0.3) is 5.91 Å². The Labute approximate surface area is 150 Å². The van der Waals surface area contributed by atoms with Crippen molar-refractivity contribution in [3.8, 4) is 11.5 Å². The van der Waals surface area contributed by atoms with Crippen molar-refractivity contribution in [1.29, 1.82) is 0 Å². The molecule has 0 aliphatic carbocycles. The summed E-state index contributed by atoms with van der Waals surface area (Å²) in [5, 5.41) is 3.91. The summed E-state index contributed by atoms with van der Waals surface area (Å²) >= 11 is 0. The molecule has 0 unspecified atom stereocenters. The number of hydrogen-bond donors (Lipinski definition) is 1. The zero-order chi connectivity index (χ0) is 17.9. The molecule has 0 saturated carbocycles. The lowest BCUT2D eigenvalue weighted by Crippen LogP contribution is -2.23. The molecule has 0 radical (unpaired) electrons. The number of hydrogen-bond acceptors (Lipinski definition) is 4. The summed E-state index contributed by atoms with van der Waals surface area (Å²) in [5.41, 5.74) is 3.87. The van der Waals surface area contributed by atoms with Gasteiger partial charge in [0.2, 0.25) is 0 Å². The standard InChI is InChI=1S/C21H17N3O2/c1-14-7-8-16-4-2-5-17(20(16)24-14)21(25)23-13-15-9-10-22-18(12-15)19-6-3-11-26-19/h2-12H,13H2,1H3,(H,23,25). The monoisotopic (exact) mass is 343 g/mol. The third-order valence-electron chi connectivity index (χ3n) is 4.16. The van der Waals surface area contributed by atoms with Crippen LogP contribution in [0.3, 0.4) is 0 Å². The average Bonchev–Trinajstić information content (AvgIpc) is 3.20. The normalized spacial score (nSPS) is 10.8. The SMILES string of the molecule is Cc1ccc2cccc(C(=O)NCc3ccnc(-c4ccco4)c3)c2n1. The first-order valence-electron chi connectivity index (χ1n) is 8.34. The number of aromatic nitrogens is 2. The highest BCUT2D eigenvalue weighted by molar-refractivity contribution is 6.05. The summed E-state index contributed by atoms with van der Waals surface area (Å²) in [7, 11) is 0. The molecule has 0 atom stereocenters. The van der Waals surface area contributed by atoms with Gasteiger partial charge in [0.1, 0.15) is 5.69 Å². The number of benzene rings is 1. The number of para-hydroxylation sites is 1. The van der Waals surface area contributed by atoms with E-state index in [1.54, 1.807) is 18.5 Å². The highest BCUT2D eigenvalue weighted by Gasteiger charge is 2.11. The molecule has 128 valence electrons. The molecule has 0 fully saturated rings. The molecule has 4 aromatic rings. The van der Waals surface area contributed by atoms with E-state index in [1.807, 2.05) is 55.5 Å². The lowest BCUT2D eigenvalue weighted by molar-refractivity contribution is 0.0952. The fourth-order valence-electron chi connectivity index (χ4n) is 2.85. The maximum Gasteiger partial charge on any atom is 0.253 e. The zero-order valence-electron chi connectivity index (χ0n) is 14.3. The number of pyridine rings is 2. The van der Waals surface area contributed by atoms with E-state index in [9.17, 15) is 4.79 Å². The second-order valence-corrected chi connectivity index (χ2v) is 6.04. The lowest BCUT2D eigenvalue weighted by atomic mass is 10.1. The van der Waals surface area contributed by atoms with Crippen molar-refractivity contribution in [2.45, 2.75) is 13.5 Å². The highest BCUT2D eigenvalue weighted by Crippen LogP contribution is 2.19. The first-order chi connectivity index (χ1) is 12.7. The maximum absolute atomic E-state index is 12.7. The van der Waals surface area contributed by atoms with Crippen LogP contribution in [-0.2, 0) is 6.54 Å². The lowest BCUT2D eigenvalue weighted by Gasteiger charge is -2.09. The van der Waals surface area contributed by atoms with Gasteiger partial charge in [-0.1, -0.05) is 18.2 Å². The Morgan fingerprint density at radius 1 is 1.12 bits per heavy atom. The smallest absolute Gasteiger partial charge is 0.253 e. The number of amides is 1. The van der Waals surface area contributed by atoms with E-state index in [0.29, 0.717) is 17.9 Å². The van der Waals surface area contributed by atoms with E-state index in [1.165, 1.54) is 0 Å². The van der Waals surface area contributed by atoms with E-state index < -0.39 is 0 Å². The Balaban J connectivity index is 1.55. The number of aryl methyl sites for hydroxylation is 1. The second-order valence-electron chi connectivity index (χ2n) is 6.04. The Morgan fingerprint density at radius 3 is 2.88 bits per heavy atom. The molecule has 26 heavy (non-hydrogen) atoms. The van der Waals surface area contributed by atoms with Crippen LogP contribution in [0.25, 0.3) is 22.4 Å². The van der Waals surface area contributed by atoms with Crippen molar-refractivity contribution in [3.63, 3.8) is 0 Å². The van der Waals surface area contributed by atoms with Crippen LogP contribution in [0.15, 0.2) is 71.5 Å². The molecule has 3 aromatic heterocycles. The zero-order valence-corrected chi connectivity index (χ0v) is 14.3. The minimum atomic E-state index is -0.148. The minimum Gasteiger partial charge on any atom is -0.463 e. The van der Waals surface area contributed by atoms with Gasteiger partial charge in [0, 0.05) is 23.8 Å². The molecule has 0 aliphatic heterocycles. The highest BCUT2D eigenvalue weighted by atomic mass is 16.3. The van der Waals surface area contributed by atoms with Gasteiger partial charge in [-0.2, -0.15) is 0 Å². The third-order valence-corrected chi connectivity index (χ3v) is 4.16. The fourth-order valence-corrected chi connectivity index (χ4v) is 2.85. The quantitative estimate of drug-likeness (QED) is 0.605. The number of furan rings is 1. The first kappa shape index (κ1) is 16.0. The Morgan fingerprint density at radius 2 is 2.04 bits per heavy atom. The van der Waals surface area contributed by atoms with Gasteiger partial charge in [0.05, 0.1) is 17.3 Å². The molecule has 0 spiro atoms. The molecule has 5 heteroatoms. The predicted molar refractivity (Wildman–Crippen MR) is 99.6 cm³/mol. The fraction of sp³-hybridized carbons (Fsp3) is 0.0952. The van der Waals surface area contributed by atoms with Gasteiger partial charge in [-0.05, 0) is 48.9 Å². The molecule has 1 amide bonds. The van der Waals surface area contributed by atoms with E-state index in [2.05, 4.69) is 15.3 Å². The molecule has 0 aliphatic rings. The van der Waals surface area contributed by atoms with E-state index in [0.717, 1.165) is 27.9 Å². The molecule has 0 saturated heterocycles. The van der Waals surface area contributed by atoms with Crippen LogP contribution in [0, 0.1) is 6.92 Å². The molecular weight excluding hydrogens is 326 g/mol. The van der Waals surface area contributed by atoms with Gasteiger partial charge in [-0.25, -0.2) is 0 Å². The Kier molecular flexibility index (Phi) is 4.19. The summed E-state index contributed by atoms with van der Waals surface area (Å²) in [6.07, 6.45) is 3.32. The molecule has 0 bridgehead atoms. The van der Waals surface area contributed by atoms with E-state index in [4.69, 9.17) is 4.42 Å². The summed E-state index contributed by atoms with van der Waals surface area (Å²) < 4.78 is 5.37. The van der Waals surface area contributed by atoms with Gasteiger partial charge in [-0.15, -0.1) is 0 Å². The second kappa shape index (κ2) is 6.80. The van der Waals surface area contributed by atoms with Crippen LogP contribution in [0.2, 0.25) is 0 Å². The maximum atomic E-state index is 12.7. The van der Waals surface area contributed by atoms with Gasteiger partial charge >= 0.3 is 0 Å². The largest absolute Gasteiger partial charge is 0.463 e. The molecule has 5 nitrogen and oxygen atoms in total. The van der Waals surface area contributed by atoms with Crippen molar-refractivity contribution in [1.82, 2.24) is 15.3 Å². The summed E-state index contributed by atoms with van der Waals surface area (Å²) in [6.45, 7) is 2.32. The van der Waals surface area contributed by atoms with Crippen molar-refractivity contribution < 1.29 is 9.21 Å². The van der Waals surface area contributed by atoms with Gasteiger partial charge < -0.3 is 9.73 Å². The van der Waals surface area contributed by atoms with Crippen molar-refractivity contribution in [2.75, 3.05) is 0 Å². The summed E-state index contributed by atoms with van der Waals surface area (Å²) in [6, 6.07) is 17.0. The number of nitrogens with zero attached hydrogens (tertiary/aromatic N) is 2. The Bertz CT molecular complexity index is 1070. The van der Waals surface area contributed by atoms with Crippen LogP contribution in [0.1, 0.15) is 21.6 Å². The summed E-state index contributed by atoms with van der Waals surface area (Å²) in [5.74, 6) is 0.553. The molecule has 1 N–H and O–H groups in total. The molecular formula is C21H17N3O2. The van der Waals surface area contributed by atoms with E-state index in [-0.39, 0.29) is 5.91 Å². The number of nitrogens with one attached hydrogen (secondary N) is 1. The number of fused-ring (bicyclic) bond motifs is 1. The third kappa shape index (κ3) is 3.19. The minimum absolute atomic E-state index is 0.148. The van der Waals surface area contributed by atoms with Gasteiger partial charge in [-0.3, -0.25) is 14.8 Å². The van der Waals surface area contributed by atoms with Crippen LogP contribution in [-0.4, -0.2) is 15.9 Å². The Hall–Kier alpha value is -3.47. The van der Waals surface area contributed by atoms with Crippen molar-refractivity contribution >= 4 is 16.8 Å². The van der Waals surface area contributed by atoms with Crippen LogP contribution < -0.4 is 5.32 Å². The number of carbonyl (C=O) groups is 1. The molecule has 1 aromatic carbocycles. The number of carbonyl (C=O) groups excluding carboxylic acids is 1. The number of rotatable bonds is 4. The molecule has 3 heterocycles. The van der Waals surface area contributed by atoms with Crippen LogP contribution >= 0.6 is 0 Å². The molecule has 4 rings (SSSR count). The van der Waals surface area contributed by atoms with Crippen molar-refractivity contribution in [2.24, 2.45) is 0 Å². The van der Waals surface area contributed by atoms with Crippen molar-refractivity contribution in [3.05, 3.63) is 83.9 Å². The van der Waals surface area contributed by atoms with Crippen LogP contribution in [0.4, 0.5) is 0 Å². The predicted octanol–water partition coefficient (Wildman–Crippen LogP) is 4.13. The van der Waals surface area contributed by atoms with Crippen LogP contribution in [0.5, 0.6) is 0 Å². The van der Waals surface area contributed by atoms with Gasteiger partial charge in [0.15, 0.2) is 5.76 Å². The first-order valence-corrected chi connectivity index (χ1v) is 8.34. The average molecular weight is 343 g/mol.